The standard InChI is InChI=1S/C12H16ClNS/c1-15-12-6-10(5-11(13)7-12)4-9-2-3-14-8-9/h5-7,9,14H,2-4,8H2,1H3. The van der Waals surface area contributed by atoms with Crippen LogP contribution < -0.4 is 5.32 Å². The number of halogens is 1. The minimum atomic E-state index is 0.790. The van der Waals surface area contributed by atoms with Crippen molar-refractivity contribution in [1.82, 2.24) is 5.32 Å². The molecule has 1 heterocycles. The van der Waals surface area contributed by atoms with Crippen molar-refractivity contribution in [1.29, 1.82) is 0 Å². The van der Waals surface area contributed by atoms with Crippen LogP contribution in [0.15, 0.2) is 23.1 Å². The molecule has 0 aromatic heterocycles. The molecule has 0 aliphatic carbocycles. The summed E-state index contributed by atoms with van der Waals surface area (Å²) in [5.41, 5.74) is 1.38. The molecule has 1 nitrogen and oxygen atoms in total. The minimum Gasteiger partial charge on any atom is -0.316 e. The highest BCUT2D eigenvalue weighted by atomic mass is 35.5. The molecule has 0 bridgehead atoms. The van der Waals surface area contributed by atoms with E-state index in [4.69, 9.17) is 11.6 Å². The predicted molar refractivity (Wildman–Crippen MR) is 67.9 cm³/mol. The molecule has 82 valence electrons. The second kappa shape index (κ2) is 5.24. The lowest BCUT2D eigenvalue weighted by Crippen LogP contribution is -2.10. The first kappa shape index (κ1) is 11.3. The van der Waals surface area contributed by atoms with Gasteiger partial charge in [-0.1, -0.05) is 11.6 Å². The first-order chi connectivity index (χ1) is 7.28. The zero-order valence-corrected chi connectivity index (χ0v) is 10.5. The largest absolute Gasteiger partial charge is 0.316 e. The Hall–Kier alpha value is -0.180. The number of rotatable bonds is 3. The van der Waals surface area contributed by atoms with Gasteiger partial charge in [-0.2, -0.15) is 0 Å². The van der Waals surface area contributed by atoms with E-state index in [1.54, 1.807) is 11.8 Å². The van der Waals surface area contributed by atoms with Gasteiger partial charge in [0.25, 0.3) is 0 Å². The first-order valence-corrected chi connectivity index (χ1v) is 6.92. The van der Waals surface area contributed by atoms with Crippen molar-refractivity contribution in [3.63, 3.8) is 0 Å². The van der Waals surface area contributed by atoms with Gasteiger partial charge in [-0.3, -0.25) is 0 Å². The lowest BCUT2D eigenvalue weighted by molar-refractivity contribution is 0.579. The van der Waals surface area contributed by atoms with Crippen LogP contribution in [0.25, 0.3) is 0 Å². The van der Waals surface area contributed by atoms with Crippen LogP contribution in [0.2, 0.25) is 5.02 Å². The van der Waals surface area contributed by atoms with Gasteiger partial charge >= 0.3 is 0 Å². The van der Waals surface area contributed by atoms with Gasteiger partial charge in [0, 0.05) is 9.92 Å². The fraction of sp³-hybridized carbons (Fsp3) is 0.500. The summed E-state index contributed by atoms with van der Waals surface area (Å²) >= 11 is 7.84. The molecule has 1 fully saturated rings. The number of hydrogen-bond donors (Lipinski definition) is 1. The fourth-order valence-corrected chi connectivity index (χ4v) is 2.91. The van der Waals surface area contributed by atoms with E-state index in [0.29, 0.717) is 0 Å². The van der Waals surface area contributed by atoms with E-state index in [0.717, 1.165) is 23.9 Å². The third kappa shape index (κ3) is 3.13. The molecule has 1 aliphatic heterocycles. The molecular formula is C12H16ClNS. The molecule has 1 unspecified atom stereocenters. The molecule has 3 heteroatoms. The van der Waals surface area contributed by atoms with Gasteiger partial charge in [-0.15, -0.1) is 11.8 Å². The Morgan fingerprint density at radius 2 is 2.33 bits per heavy atom. The van der Waals surface area contributed by atoms with Gasteiger partial charge in [0.05, 0.1) is 0 Å². The van der Waals surface area contributed by atoms with Crippen molar-refractivity contribution in [3.05, 3.63) is 28.8 Å². The lowest BCUT2D eigenvalue weighted by atomic mass is 9.99. The topological polar surface area (TPSA) is 12.0 Å². The van der Waals surface area contributed by atoms with Crippen molar-refractivity contribution in [3.8, 4) is 0 Å². The summed E-state index contributed by atoms with van der Waals surface area (Å²) in [4.78, 5) is 1.27. The quantitative estimate of drug-likeness (QED) is 0.816. The highest BCUT2D eigenvalue weighted by Crippen LogP contribution is 2.24. The summed E-state index contributed by atoms with van der Waals surface area (Å²) in [5, 5.41) is 4.26. The first-order valence-electron chi connectivity index (χ1n) is 5.32. The molecule has 1 atom stereocenters. The van der Waals surface area contributed by atoms with Crippen LogP contribution >= 0.6 is 23.4 Å². The maximum atomic E-state index is 6.09. The molecule has 0 amide bonds. The van der Waals surface area contributed by atoms with E-state index in [1.165, 1.54) is 23.4 Å². The highest BCUT2D eigenvalue weighted by Gasteiger charge is 2.15. The number of benzene rings is 1. The van der Waals surface area contributed by atoms with Gasteiger partial charge in [-0.25, -0.2) is 0 Å². The normalized spacial score (nSPS) is 20.8. The van der Waals surface area contributed by atoms with Gasteiger partial charge in [0.1, 0.15) is 0 Å². The molecule has 1 saturated heterocycles. The summed E-state index contributed by atoms with van der Waals surface area (Å²) in [5.74, 6) is 0.790. The Kier molecular flexibility index (Phi) is 3.95. The van der Waals surface area contributed by atoms with E-state index in [9.17, 15) is 0 Å². The van der Waals surface area contributed by atoms with Crippen LogP contribution in [0.1, 0.15) is 12.0 Å². The van der Waals surface area contributed by atoms with Crippen molar-refractivity contribution < 1.29 is 0 Å². The second-order valence-electron chi connectivity index (χ2n) is 4.06. The van der Waals surface area contributed by atoms with E-state index in [1.807, 2.05) is 6.07 Å². The minimum absolute atomic E-state index is 0.790. The Balaban J connectivity index is 2.09. The van der Waals surface area contributed by atoms with E-state index >= 15 is 0 Å². The van der Waals surface area contributed by atoms with Gasteiger partial charge in [-0.05, 0) is 61.9 Å². The van der Waals surface area contributed by atoms with Crippen LogP contribution in [0.4, 0.5) is 0 Å². The number of nitrogens with one attached hydrogen (secondary N) is 1. The highest BCUT2D eigenvalue weighted by molar-refractivity contribution is 7.98. The van der Waals surface area contributed by atoms with E-state index < -0.39 is 0 Å². The Morgan fingerprint density at radius 1 is 1.47 bits per heavy atom. The molecule has 15 heavy (non-hydrogen) atoms. The van der Waals surface area contributed by atoms with Crippen LogP contribution in [0, 0.1) is 5.92 Å². The molecule has 0 saturated carbocycles. The predicted octanol–water partition coefficient (Wildman–Crippen LogP) is 3.21. The molecular weight excluding hydrogens is 226 g/mol. The summed E-state index contributed by atoms with van der Waals surface area (Å²) < 4.78 is 0. The zero-order valence-electron chi connectivity index (χ0n) is 8.92. The second-order valence-corrected chi connectivity index (χ2v) is 5.38. The lowest BCUT2D eigenvalue weighted by Gasteiger charge is -2.09. The fourth-order valence-electron chi connectivity index (χ4n) is 2.08. The van der Waals surface area contributed by atoms with Crippen molar-refractivity contribution in [2.45, 2.75) is 17.7 Å². The number of hydrogen-bond acceptors (Lipinski definition) is 2. The van der Waals surface area contributed by atoms with Crippen LogP contribution in [-0.4, -0.2) is 19.3 Å². The monoisotopic (exact) mass is 241 g/mol. The number of thioether (sulfide) groups is 1. The average Bonchev–Trinajstić information content (AvgIpc) is 2.69. The molecule has 2 rings (SSSR count). The van der Waals surface area contributed by atoms with Crippen molar-refractivity contribution in [2.24, 2.45) is 5.92 Å². The van der Waals surface area contributed by atoms with Crippen LogP contribution in [0.3, 0.4) is 0 Å². The van der Waals surface area contributed by atoms with Gasteiger partial charge in [0.2, 0.25) is 0 Å². The molecule has 1 aromatic rings. The molecule has 1 aromatic carbocycles. The zero-order chi connectivity index (χ0) is 10.7. The summed E-state index contributed by atoms with van der Waals surface area (Å²) in [6, 6.07) is 6.39. The van der Waals surface area contributed by atoms with Crippen molar-refractivity contribution >= 4 is 23.4 Å². The van der Waals surface area contributed by atoms with Crippen LogP contribution in [0.5, 0.6) is 0 Å². The molecule has 0 spiro atoms. The van der Waals surface area contributed by atoms with Gasteiger partial charge < -0.3 is 5.32 Å². The SMILES string of the molecule is CSc1cc(Cl)cc(CC2CCNC2)c1. The van der Waals surface area contributed by atoms with E-state index in [-0.39, 0.29) is 0 Å². The molecule has 1 N–H and O–H groups in total. The van der Waals surface area contributed by atoms with Crippen molar-refractivity contribution in [2.75, 3.05) is 19.3 Å². The maximum absolute atomic E-state index is 6.09. The Morgan fingerprint density at radius 3 is 3.00 bits per heavy atom. The molecule has 1 aliphatic rings. The summed E-state index contributed by atoms with van der Waals surface area (Å²) in [6.45, 7) is 2.32. The third-order valence-corrected chi connectivity index (χ3v) is 3.78. The van der Waals surface area contributed by atoms with Crippen LogP contribution in [-0.2, 0) is 6.42 Å². The Labute approximate surface area is 101 Å². The Bertz CT molecular complexity index is 334. The smallest absolute Gasteiger partial charge is 0.0419 e. The maximum Gasteiger partial charge on any atom is 0.0419 e. The third-order valence-electron chi connectivity index (χ3n) is 2.85. The molecule has 0 radical (unpaired) electrons. The summed E-state index contributed by atoms with van der Waals surface area (Å²) in [6.07, 6.45) is 4.54. The average molecular weight is 242 g/mol. The summed E-state index contributed by atoms with van der Waals surface area (Å²) in [7, 11) is 0. The van der Waals surface area contributed by atoms with Gasteiger partial charge in [0.15, 0.2) is 0 Å². The van der Waals surface area contributed by atoms with E-state index in [2.05, 4.69) is 23.7 Å².